The highest BCUT2D eigenvalue weighted by molar-refractivity contribution is 6.16. The van der Waals surface area contributed by atoms with Crippen LogP contribution in [0, 0.1) is 13.8 Å². The molecule has 2 aliphatic rings. The van der Waals surface area contributed by atoms with Crippen molar-refractivity contribution >= 4 is 38.5 Å². The SMILES string of the molecule is CC(=O)[O-].Cc1c2cc[n+]([C@@H]3OC[C@H](O)[C@H](O)[C@H]3O)cc2c(C)c2c1[nH]c1ccc(OCCO[C@@H]3OC[C@H](O)[C@H](O)[C@H]3O)cc12. The second-order valence-corrected chi connectivity index (χ2v) is 11.3. The number of ether oxygens (including phenoxy) is 4. The van der Waals surface area contributed by atoms with Gasteiger partial charge in [0.1, 0.15) is 42.9 Å². The lowest BCUT2D eigenvalue weighted by Crippen LogP contribution is -2.58. The zero-order valence-electron chi connectivity index (χ0n) is 25.0. The Morgan fingerprint density at radius 3 is 2.29 bits per heavy atom. The minimum absolute atomic E-state index is 0.0828. The highest BCUT2D eigenvalue weighted by Gasteiger charge is 2.43. The largest absolute Gasteiger partial charge is 0.550 e. The summed E-state index contributed by atoms with van der Waals surface area (Å²) in [6.45, 7) is 5.10. The molecule has 4 heterocycles. The molecule has 14 nitrogen and oxygen atoms in total. The molecule has 6 rings (SSSR count). The molecule has 0 spiro atoms. The van der Waals surface area contributed by atoms with E-state index in [-0.39, 0.29) is 26.4 Å². The number of hydrogen-bond acceptors (Lipinski definition) is 12. The first-order chi connectivity index (χ1) is 21.4. The van der Waals surface area contributed by atoms with Crippen molar-refractivity contribution in [1.82, 2.24) is 4.98 Å². The van der Waals surface area contributed by atoms with Gasteiger partial charge in [-0.05, 0) is 55.5 Å². The fourth-order valence-corrected chi connectivity index (χ4v) is 5.80. The molecule has 45 heavy (non-hydrogen) atoms. The third-order valence-electron chi connectivity index (χ3n) is 8.17. The molecule has 0 aliphatic carbocycles. The summed E-state index contributed by atoms with van der Waals surface area (Å²) < 4.78 is 24.1. The van der Waals surface area contributed by atoms with Gasteiger partial charge < -0.3 is 64.5 Å². The fraction of sp³-hybridized carbons (Fsp3) is 0.484. The summed E-state index contributed by atoms with van der Waals surface area (Å²) in [6, 6.07) is 7.70. The van der Waals surface area contributed by atoms with Crippen LogP contribution < -0.4 is 14.4 Å². The number of nitrogens with zero attached hydrogens (tertiary/aromatic N) is 1. The smallest absolute Gasteiger partial charge is 0.291 e. The van der Waals surface area contributed by atoms with Gasteiger partial charge in [-0.15, -0.1) is 0 Å². The van der Waals surface area contributed by atoms with Gasteiger partial charge in [-0.1, -0.05) is 0 Å². The van der Waals surface area contributed by atoms with Crippen LogP contribution in [0.4, 0.5) is 0 Å². The van der Waals surface area contributed by atoms with E-state index in [1.165, 1.54) is 0 Å². The van der Waals surface area contributed by atoms with Crippen LogP contribution in [-0.4, -0.2) is 111 Å². The lowest BCUT2D eigenvalue weighted by atomic mass is 9.96. The Balaban J connectivity index is 0.000000945. The summed E-state index contributed by atoms with van der Waals surface area (Å²) in [5.41, 5.74) is 4.00. The Kier molecular flexibility index (Phi) is 9.88. The molecule has 4 aromatic rings. The number of carbonyl (C=O) groups is 1. The molecule has 7 N–H and O–H groups in total. The number of carboxylic acid groups (broad SMARTS) is 1. The Morgan fingerprint density at radius 2 is 1.58 bits per heavy atom. The van der Waals surface area contributed by atoms with Crippen molar-refractivity contribution in [1.29, 1.82) is 0 Å². The van der Waals surface area contributed by atoms with Gasteiger partial charge >= 0.3 is 0 Å². The van der Waals surface area contributed by atoms with E-state index in [2.05, 4.69) is 4.98 Å². The molecule has 0 amide bonds. The summed E-state index contributed by atoms with van der Waals surface area (Å²) in [7, 11) is 0. The molecule has 0 saturated carbocycles. The number of carbonyl (C=O) groups excluding carboxylic acids is 1. The number of aliphatic carboxylic acids is 1. The molecule has 2 saturated heterocycles. The van der Waals surface area contributed by atoms with Crippen LogP contribution in [0.1, 0.15) is 24.3 Å². The van der Waals surface area contributed by atoms with E-state index in [0.29, 0.717) is 5.75 Å². The summed E-state index contributed by atoms with van der Waals surface area (Å²) in [4.78, 5) is 12.4. The van der Waals surface area contributed by atoms with E-state index >= 15 is 0 Å². The molecule has 0 unspecified atom stereocenters. The number of nitrogens with one attached hydrogen (secondary N) is 1. The molecule has 2 aromatic heterocycles. The molecule has 2 aliphatic heterocycles. The number of aromatic amines is 1. The number of fused-ring (bicyclic) bond motifs is 4. The van der Waals surface area contributed by atoms with Crippen molar-refractivity contribution in [2.45, 2.75) is 69.9 Å². The number of aromatic nitrogens is 2. The first-order valence-electron chi connectivity index (χ1n) is 14.5. The van der Waals surface area contributed by atoms with Crippen molar-refractivity contribution in [2.75, 3.05) is 26.4 Å². The molecule has 0 bridgehead atoms. The molecule has 244 valence electrons. The molecule has 14 heteroatoms. The number of aliphatic hydroxyl groups is 6. The average molecular weight is 631 g/mol. The number of rotatable bonds is 6. The van der Waals surface area contributed by atoms with Crippen molar-refractivity contribution in [3.63, 3.8) is 0 Å². The zero-order chi connectivity index (χ0) is 32.6. The highest BCUT2D eigenvalue weighted by Crippen LogP contribution is 2.37. The molecular formula is C31H38N2O12. The van der Waals surface area contributed by atoms with Gasteiger partial charge in [-0.3, -0.25) is 0 Å². The number of aryl methyl sites for hydroxylation is 2. The van der Waals surface area contributed by atoms with Gasteiger partial charge in [0.2, 0.25) is 0 Å². The predicted octanol–water partition coefficient (Wildman–Crippen LogP) is -1.42. The van der Waals surface area contributed by atoms with Crippen LogP contribution in [0.15, 0.2) is 36.7 Å². The predicted molar refractivity (Wildman–Crippen MR) is 156 cm³/mol. The maximum absolute atomic E-state index is 10.5. The second-order valence-electron chi connectivity index (χ2n) is 11.3. The Bertz CT molecular complexity index is 1670. The van der Waals surface area contributed by atoms with Gasteiger partial charge in [0.15, 0.2) is 24.8 Å². The van der Waals surface area contributed by atoms with E-state index in [4.69, 9.17) is 28.8 Å². The monoisotopic (exact) mass is 630 g/mol. The second kappa shape index (κ2) is 13.5. The molecule has 2 fully saturated rings. The van der Waals surface area contributed by atoms with E-state index in [1.807, 2.05) is 44.3 Å². The van der Waals surface area contributed by atoms with Gasteiger partial charge in [-0.25, -0.2) is 0 Å². The van der Waals surface area contributed by atoms with Crippen LogP contribution in [-0.2, 0) is 19.0 Å². The van der Waals surface area contributed by atoms with Crippen LogP contribution in [0.3, 0.4) is 0 Å². The topological polar surface area (TPSA) is 218 Å². The molecule has 8 atom stereocenters. The van der Waals surface area contributed by atoms with Crippen molar-refractivity contribution in [3.8, 4) is 5.75 Å². The Morgan fingerprint density at radius 1 is 0.911 bits per heavy atom. The molecule has 2 aromatic carbocycles. The maximum atomic E-state index is 10.5. The van der Waals surface area contributed by atoms with Crippen LogP contribution >= 0.6 is 0 Å². The first-order valence-corrected chi connectivity index (χ1v) is 14.5. The number of aliphatic hydroxyl groups excluding tert-OH is 6. The number of pyridine rings is 1. The van der Waals surface area contributed by atoms with Crippen LogP contribution in [0.5, 0.6) is 5.75 Å². The van der Waals surface area contributed by atoms with Crippen molar-refractivity contribution in [2.24, 2.45) is 0 Å². The lowest BCUT2D eigenvalue weighted by molar-refractivity contribution is -0.774. The number of H-pyrrole nitrogens is 1. The third kappa shape index (κ3) is 6.60. The lowest BCUT2D eigenvalue weighted by Gasteiger charge is -2.34. The van der Waals surface area contributed by atoms with Crippen molar-refractivity contribution in [3.05, 3.63) is 47.8 Å². The minimum Gasteiger partial charge on any atom is -0.550 e. The standard InChI is InChI=1S/C29H34N2O10.C2H4O2/c1-13-18-10-31(28-26(36)24(34)20(32)11-40-28)6-5-16(18)14(2)23-22(13)17-9-15(3-4-19(17)30-23)38-7-8-39-29-27(37)25(35)21(33)12-41-29;1-2(3)4/h3-6,9-10,20-21,24-29,32-37H,7-8,11-12H2,1-2H3;1H3,(H,3,4)/t20-,21-,24-,25-,26+,27+,28+,29+;/m0./s1. The zero-order valence-corrected chi connectivity index (χ0v) is 25.0. The number of carboxylic acids is 1. The van der Waals surface area contributed by atoms with Gasteiger partial charge in [0.05, 0.1) is 25.3 Å². The van der Waals surface area contributed by atoms with E-state index in [1.54, 1.807) is 10.8 Å². The van der Waals surface area contributed by atoms with E-state index in [9.17, 15) is 30.6 Å². The molecular weight excluding hydrogens is 592 g/mol. The Hall–Kier alpha value is -3.44. The van der Waals surface area contributed by atoms with Gasteiger partial charge in [-0.2, -0.15) is 4.57 Å². The van der Waals surface area contributed by atoms with Crippen LogP contribution in [0.25, 0.3) is 32.6 Å². The normalized spacial score (nSPS) is 28.6. The third-order valence-corrected chi connectivity index (χ3v) is 8.17. The van der Waals surface area contributed by atoms with Gasteiger partial charge in [0.25, 0.3) is 6.23 Å². The quantitative estimate of drug-likeness (QED) is 0.0965. The Labute approximate surface area is 257 Å². The summed E-state index contributed by atoms with van der Waals surface area (Å²) in [6.07, 6.45) is -5.79. The average Bonchev–Trinajstić information content (AvgIpc) is 3.39. The van der Waals surface area contributed by atoms with Crippen LogP contribution in [0.2, 0.25) is 0 Å². The fourth-order valence-electron chi connectivity index (χ4n) is 5.80. The van der Waals surface area contributed by atoms with Gasteiger partial charge in [0, 0.05) is 33.7 Å². The summed E-state index contributed by atoms with van der Waals surface area (Å²) >= 11 is 0. The van der Waals surface area contributed by atoms with E-state index in [0.717, 1.165) is 50.6 Å². The summed E-state index contributed by atoms with van der Waals surface area (Å²) in [5.74, 6) is -0.464. The number of hydrogen-bond donors (Lipinski definition) is 7. The summed E-state index contributed by atoms with van der Waals surface area (Å²) in [5, 5.41) is 72.8. The van der Waals surface area contributed by atoms with Crippen molar-refractivity contribution < 1.29 is 64.1 Å². The molecule has 0 radical (unpaired) electrons. The number of benzene rings is 2. The minimum atomic E-state index is -1.36. The maximum Gasteiger partial charge on any atom is 0.291 e. The van der Waals surface area contributed by atoms with E-state index < -0.39 is 55.1 Å². The first kappa shape index (κ1) is 32.9. The highest BCUT2D eigenvalue weighted by atomic mass is 16.7.